The highest BCUT2D eigenvalue weighted by Gasteiger charge is 2.19. The summed E-state index contributed by atoms with van der Waals surface area (Å²) in [4.78, 5) is 0. The van der Waals surface area contributed by atoms with Gasteiger partial charge in [-0.25, -0.2) is 0 Å². The lowest BCUT2D eigenvalue weighted by molar-refractivity contribution is 0.296. The first-order valence-corrected chi connectivity index (χ1v) is 9.23. The van der Waals surface area contributed by atoms with Crippen LogP contribution in [0, 0.1) is 23.2 Å². The second kappa shape index (κ2) is 10.1. The van der Waals surface area contributed by atoms with Gasteiger partial charge in [-0.05, 0) is 74.0 Å². The first-order valence-electron chi connectivity index (χ1n) is 9.23. The molecule has 0 N–H and O–H groups in total. The zero-order valence-corrected chi connectivity index (χ0v) is 14.7. The molecule has 0 atom stereocenters. The lowest BCUT2D eigenvalue weighted by Crippen LogP contribution is -2.13. The third-order valence-corrected chi connectivity index (χ3v) is 5.03. The summed E-state index contributed by atoms with van der Waals surface area (Å²) >= 11 is 0. The molecule has 1 saturated carbocycles. The van der Waals surface area contributed by atoms with Gasteiger partial charge in [-0.3, -0.25) is 0 Å². The van der Waals surface area contributed by atoms with Crippen molar-refractivity contribution in [3.8, 4) is 6.07 Å². The van der Waals surface area contributed by atoms with E-state index in [9.17, 15) is 4.39 Å². The molecule has 0 aromatic heterocycles. The van der Waals surface area contributed by atoms with Crippen LogP contribution in [0.3, 0.4) is 0 Å². The third kappa shape index (κ3) is 6.32. The molecule has 24 heavy (non-hydrogen) atoms. The van der Waals surface area contributed by atoms with Gasteiger partial charge in [0, 0.05) is 0 Å². The van der Waals surface area contributed by atoms with Crippen molar-refractivity contribution < 1.29 is 4.39 Å². The Morgan fingerprint density at radius 3 is 2.33 bits per heavy atom. The molecule has 0 heterocycles. The van der Waals surface area contributed by atoms with E-state index in [1.165, 1.54) is 74.6 Å². The van der Waals surface area contributed by atoms with Crippen LogP contribution < -0.4 is 0 Å². The first-order chi connectivity index (χ1) is 11.7. The van der Waals surface area contributed by atoms with Crippen molar-refractivity contribution in [2.24, 2.45) is 11.8 Å². The Morgan fingerprint density at radius 2 is 1.75 bits per heavy atom. The zero-order valence-electron chi connectivity index (χ0n) is 14.7. The molecule has 0 unspecified atom stereocenters. The zero-order chi connectivity index (χ0) is 17.2. The normalized spacial score (nSPS) is 21.8. The summed E-state index contributed by atoms with van der Waals surface area (Å²) < 4.78 is 12.7. The number of allylic oxidation sites excluding steroid dienone is 4. The summed E-state index contributed by atoms with van der Waals surface area (Å²) in [5, 5.41) is 8.37. The van der Waals surface area contributed by atoms with Gasteiger partial charge in [0.15, 0.2) is 5.83 Å². The van der Waals surface area contributed by atoms with E-state index in [1.54, 1.807) is 6.08 Å². The quantitative estimate of drug-likeness (QED) is 0.425. The Balaban J connectivity index is 1.70. The number of rotatable bonds is 7. The molecular formula is C22H28FN. The summed E-state index contributed by atoms with van der Waals surface area (Å²) in [5.41, 5.74) is 2.89. The number of hydrogen-bond donors (Lipinski definition) is 0. The highest BCUT2D eigenvalue weighted by Crippen LogP contribution is 2.32. The molecule has 128 valence electrons. The fourth-order valence-corrected chi connectivity index (χ4v) is 3.54. The largest absolute Gasteiger partial charge is 0.199 e. The van der Waals surface area contributed by atoms with E-state index >= 15 is 0 Å². The van der Waals surface area contributed by atoms with Crippen molar-refractivity contribution in [2.75, 3.05) is 0 Å². The third-order valence-electron chi connectivity index (χ3n) is 5.03. The molecule has 1 fully saturated rings. The standard InChI is InChI=1S/C22H28FN/c1-2-4-18-7-11-20(12-8-18)15-16-21-13-9-19(10-14-21)5-3-6-22(23)17-24/h3,5-8,11-12,19,21H,2,4,9-10,13-16H2,1H3/b5-3+,22-6-/t19-,21-. The molecule has 2 heteroatoms. The molecule has 0 saturated heterocycles. The Hall–Kier alpha value is -1.88. The average Bonchev–Trinajstić information content (AvgIpc) is 2.62. The highest BCUT2D eigenvalue weighted by atomic mass is 19.1. The van der Waals surface area contributed by atoms with Crippen molar-refractivity contribution in [2.45, 2.75) is 58.3 Å². The van der Waals surface area contributed by atoms with E-state index in [0.29, 0.717) is 5.92 Å². The smallest absolute Gasteiger partial charge is 0.195 e. The molecule has 0 bridgehead atoms. The van der Waals surface area contributed by atoms with Crippen molar-refractivity contribution in [3.05, 3.63) is 59.4 Å². The fourth-order valence-electron chi connectivity index (χ4n) is 3.54. The lowest BCUT2D eigenvalue weighted by atomic mass is 9.79. The summed E-state index contributed by atoms with van der Waals surface area (Å²) in [7, 11) is 0. The molecule has 1 aliphatic carbocycles. The summed E-state index contributed by atoms with van der Waals surface area (Å²) in [6.45, 7) is 2.22. The van der Waals surface area contributed by atoms with Crippen LogP contribution in [0.5, 0.6) is 0 Å². The number of benzene rings is 1. The van der Waals surface area contributed by atoms with E-state index < -0.39 is 5.83 Å². The predicted octanol–water partition coefficient (Wildman–Crippen LogP) is 6.31. The Morgan fingerprint density at radius 1 is 1.12 bits per heavy atom. The molecule has 1 aliphatic rings. The van der Waals surface area contributed by atoms with Crippen LogP contribution in [-0.2, 0) is 12.8 Å². The van der Waals surface area contributed by atoms with E-state index in [0.717, 1.165) is 5.92 Å². The predicted molar refractivity (Wildman–Crippen MR) is 98.2 cm³/mol. The van der Waals surface area contributed by atoms with Crippen LogP contribution in [-0.4, -0.2) is 0 Å². The van der Waals surface area contributed by atoms with Crippen LogP contribution in [0.4, 0.5) is 4.39 Å². The van der Waals surface area contributed by atoms with Gasteiger partial charge >= 0.3 is 0 Å². The highest BCUT2D eigenvalue weighted by molar-refractivity contribution is 5.23. The monoisotopic (exact) mass is 325 g/mol. The molecule has 0 radical (unpaired) electrons. The fraction of sp³-hybridized carbons (Fsp3) is 0.500. The van der Waals surface area contributed by atoms with Crippen molar-refractivity contribution >= 4 is 0 Å². The van der Waals surface area contributed by atoms with Gasteiger partial charge in [-0.1, -0.05) is 49.8 Å². The average molecular weight is 325 g/mol. The summed E-state index contributed by atoms with van der Waals surface area (Å²) in [6, 6.07) is 10.6. The molecule has 1 aromatic carbocycles. The Bertz CT molecular complexity index is 583. The van der Waals surface area contributed by atoms with Gasteiger partial charge in [0.2, 0.25) is 0 Å². The van der Waals surface area contributed by atoms with E-state index in [1.807, 2.05) is 0 Å². The van der Waals surface area contributed by atoms with Gasteiger partial charge in [0.05, 0.1) is 0 Å². The Kier molecular flexibility index (Phi) is 7.75. The van der Waals surface area contributed by atoms with Crippen molar-refractivity contribution in [1.29, 1.82) is 5.26 Å². The van der Waals surface area contributed by atoms with Crippen LogP contribution in [0.1, 0.15) is 56.6 Å². The second-order valence-electron chi connectivity index (χ2n) is 6.90. The van der Waals surface area contributed by atoms with Gasteiger partial charge in [-0.15, -0.1) is 0 Å². The first kappa shape index (κ1) is 18.5. The van der Waals surface area contributed by atoms with Gasteiger partial charge in [-0.2, -0.15) is 9.65 Å². The molecule has 0 spiro atoms. The van der Waals surface area contributed by atoms with E-state index in [2.05, 4.69) is 37.3 Å². The van der Waals surface area contributed by atoms with E-state index in [-0.39, 0.29) is 0 Å². The van der Waals surface area contributed by atoms with Gasteiger partial charge in [0.25, 0.3) is 0 Å². The SMILES string of the molecule is CCCc1ccc(CC[C@H]2CC[C@H](/C=C/C=C(\F)C#N)CC2)cc1. The summed E-state index contributed by atoms with van der Waals surface area (Å²) in [5.74, 6) is 0.638. The molecular weight excluding hydrogens is 297 g/mol. The number of halogens is 1. The number of nitrogens with zero attached hydrogens (tertiary/aromatic N) is 1. The molecule has 0 amide bonds. The minimum atomic E-state index is -0.718. The molecule has 2 rings (SSSR count). The second-order valence-corrected chi connectivity index (χ2v) is 6.90. The van der Waals surface area contributed by atoms with E-state index in [4.69, 9.17) is 5.26 Å². The molecule has 1 nitrogen and oxygen atoms in total. The minimum Gasteiger partial charge on any atom is -0.195 e. The van der Waals surface area contributed by atoms with Crippen molar-refractivity contribution in [3.63, 3.8) is 0 Å². The number of aryl methyl sites for hydroxylation is 2. The van der Waals surface area contributed by atoms with Crippen molar-refractivity contribution in [1.82, 2.24) is 0 Å². The maximum atomic E-state index is 12.7. The topological polar surface area (TPSA) is 23.8 Å². The lowest BCUT2D eigenvalue weighted by Gasteiger charge is -2.26. The van der Waals surface area contributed by atoms with Crippen LogP contribution >= 0.6 is 0 Å². The maximum absolute atomic E-state index is 12.7. The van der Waals surface area contributed by atoms with Crippen LogP contribution in [0.2, 0.25) is 0 Å². The van der Waals surface area contributed by atoms with Crippen LogP contribution in [0.15, 0.2) is 48.3 Å². The van der Waals surface area contributed by atoms with Crippen LogP contribution in [0.25, 0.3) is 0 Å². The number of hydrogen-bond acceptors (Lipinski definition) is 1. The minimum absolute atomic E-state index is 0.539. The summed E-state index contributed by atoms with van der Waals surface area (Å²) in [6.07, 6.45) is 14.7. The maximum Gasteiger partial charge on any atom is 0.199 e. The van der Waals surface area contributed by atoms with Gasteiger partial charge in [0.1, 0.15) is 6.07 Å². The number of nitriles is 1. The molecule has 1 aromatic rings. The molecule has 0 aliphatic heterocycles. The Labute approximate surface area is 145 Å². The van der Waals surface area contributed by atoms with Gasteiger partial charge < -0.3 is 0 Å².